The van der Waals surface area contributed by atoms with E-state index in [0.29, 0.717) is 0 Å². The van der Waals surface area contributed by atoms with E-state index in [4.69, 9.17) is 0 Å². The van der Waals surface area contributed by atoms with Crippen LogP contribution in [0.15, 0.2) is 243 Å². The van der Waals surface area contributed by atoms with Crippen molar-refractivity contribution in [2.45, 2.75) is 0 Å². The number of nitrogens with zero attached hydrogens (tertiary/aromatic N) is 2. The molecule has 63 heavy (non-hydrogen) atoms. The first-order valence-electron chi connectivity index (χ1n) is 21.5. The first-order chi connectivity index (χ1) is 31.3. The highest BCUT2D eigenvalue weighted by molar-refractivity contribution is 7.26. The molecule has 0 aliphatic heterocycles. The number of fused-ring (bicyclic) bond motifs is 6. The van der Waals surface area contributed by atoms with E-state index in [0.717, 1.165) is 50.5 Å². The Hall–Kier alpha value is -7.98. The van der Waals surface area contributed by atoms with Crippen LogP contribution < -0.4 is 4.90 Å². The van der Waals surface area contributed by atoms with Crippen LogP contribution in [-0.4, -0.2) is 4.57 Å². The molecule has 2 nitrogen and oxygen atoms in total. The maximum atomic E-state index is 2.52. The summed E-state index contributed by atoms with van der Waals surface area (Å²) in [5.41, 5.74) is 16.3. The summed E-state index contributed by atoms with van der Waals surface area (Å²) in [5, 5.41) is 5.01. The van der Waals surface area contributed by atoms with E-state index in [-0.39, 0.29) is 0 Å². The minimum absolute atomic E-state index is 1.10. The Morgan fingerprint density at radius 3 is 1.65 bits per heavy atom. The van der Waals surface area contributed by atoms with Crippen molar-refractivity contribution in [2.75, 3.05) is 4.90 Å². The third-order valence-corrected chi connectivity index (χ3v) is 13.6. The van der Waals surface area contributed by atoms with E-state index in [2.05, 4.69) is 252 Å². The fraction of sp³-hybridized carbons (Fsp3) is 0. The van der Waals surface area contributed by atoms with Crippen molar-refractivity contribution in [2.24, 2.45) is 0 Å². The number of para-hydroxylation sites is 3. The third-order valence-electron chi connectivity index (χ3n) is 12.4. The van der Waals surface area contributed by atoms with Crippen LogP contribution in [0.3, 0.4) is 0 Å². The van der Waals surface area contributed by atoms with Gasteiger partial charge in [0.05, 0.1) is 28.1 Å². The van der Waals surface area contributed by atoms with Crippen LogP contribution in [0.4, 0.5) is 17.1 Å². The van der Waals surface area contributed by atoms with Crippen LogP contribution in [0.2, 0.25) is 0 Å². The average molecular weight is 821 g/mol. The quantitative estimate of drug-likeness (QED) is 0.148. The molecular weight excluding hydrogens is 781 g/mol. The second kappa shape index (κ2) is 15.5. The zero-order valence-corrected chi connectivity index (χ0v) is 35.2. The minimum atomic E-state index is 1.10. The molecule has 0 aliphatic rings. The molecule has 12 aromatic rings. The van der Waals surface area contributed by atoms with E-state index in [1.165, 1.54) is 58.7 Å². The van der Waals surface area contributed by atoms with Gasteiger partial charge in [-0.15, -0.1) is 11.3 Å². The predicted octanol–water partition coefficient (Wildman–Crippen LogP) is 17.3. The van der Waals surface area contributed by atoms with Crippen LogP contribution in [-0.2, 0) is 0 Å². The van der Waals surface area contributed by atoms with Crippen molar-refractivity contribution in [3.8, 4) is 50.2 Å². The second-order valence-electron chi connectivity index (χ2n) is 16.0. The van der Waals surface area contributed by atoms with E-state index in [1.807, 2.05) is 11.3 Å². The van der Waals surface area contributed by atoms with Gasteiger partial charge in [-0.25, -0.2) is 0 Å². The van der Waals surface area contributed by atoms with Crippen molar-refractivity contribution in [3.05, 3.63) is 243 Å². The Bertz CT molecular complexity index is 3600. The van der Waals surface area contributed by atoms with Gasteiger partial charge in [-0.3, -0.25) is 0 Å². The summed E-state index contributed by atoms with van der Waals surface area (Å²) in [6.45, 7) is 0. The highest BCUT2D eigenvalue weighted by atomic mass is 32.1. The lowest BCUT2D eigenvalue weighted by Gasteiger charge is -2.31. The molecule has 0 N–H and O–H groups in total. The summed E-state index contributed by atoms with van der Waals surface area (Å²) < 4.78 is 5.03. The van der Waals surface area contributed by atoms with Gasteiger partial charge in [0.15, 0.2) is 0 Å². The van der Waals surface area contributed by atoms with Crippen LogP contribution in [0, 0.1) is 0 Å². The number of thiophene rings is 1. The summed E-state index contributed by atoms with van der Waals surface area (Å²) in [4.78, 5) is 2.52. The van der Waals surface area contributed by atoms with Crippen molar-refractivity contribution < 1.29 is 0 Å². The van der Waals surface area contributed by atoms with Crippen LogP contribution in [0.5, 0.6) is 0 Å². The van der Waals surface area contributed by atoms with Crippen LogP contribution in [0.1, 0.15) is 0 Å². The molecule has 12 rings (SSSR count). The van der Waals surface area contributed by atoms with Crippen LogP contribution in [0.25, 0.3) is 92.2 Å². The van der Waals surface area contributed by atoms with Crippen LogP contribution >= 0.6 is 11.3 Å². The van der Waals surface area contributed by atoms with Gasteiger partial charge in [0.2, 0.25) is 0 Å². The van der Waals surface area contributed by atoms with Gasteiger partial charge >= 0.3 is 0 Å². The Morgan fingerprint density at radius 1 is 0.317 bits per heavy atom. The molecule has 0 fully saturated rings. The van der Waals surface area contributed by atoms with Gasteiger partial charge in [-0.1, -0.05) is 188 Å². The van der Waals surface area contributed by atoms with Gasteiger partial charge in [0.25, 0.3) is 0 Å². The molecule has 296 valence electrons. The van der Waals surface area contributed by atoms with Gasteiger partial charge in [0.1, 0.15) is 0 Å². The lowest BCUT2D eigenvalue weighted by Crippen LogP contribution is -2.13. The standard InChI is InChI=1S/C60H40N2S/c1-4-18-41(19-5-1)42-34-36-44(37-35-42)47-24-10-13-29-53(47)62(57-32-17-31-56-59(57)51-26-11-14-30-54(51)61(56)46-22-8-3-9-23-46)55-39-38-45(40-52(55)43-20-6-2-7-21-43)48-27-16-28-50-49-25-12-15-33-58(49)63-60(48)50/h1-40H. The van der Waals surface area contributed by atoms with E-state index < -0.39 is 0 Å². The summed E-state index contributed by atoms with van der Waals surface area (Å²) in [6, 6.07) is 88.5. The average Bonchev–Trinajstić information content (AvgIpc) is 3.92. The topological polar surface area (TPSA) is 8.17 Å². The molecule has 0 atom stereocenters. The number of hydrogen-bond acceptors (Lipinski definition) is 2. The second-order valence-corrected chi connectivity index (χ2v) is 17.1. The van der Waals surface area contributed by atoms with Gasteiger partial charge in [-0.2, -0.15) is 0 Å². The molecule has 10 aromatic carbocycles. The molecule has 0 radical (unpaired) electrons. The molecule has 0 saturated carbocycles. The highest BCUT2D eigenvalue weighted by Crippen LogP contribution is 2.50. The lowest BCUT2D eigenvalue weighted by atomic mass is 9.94. The van der Waals surface area contributed by atoms with Crippen molar-refractivity contribution >= 4 is 70.4 Å². The number of hydrogen-bond donors (Lipinski definition) is 0. The molecule has 0 saturated heterocycles. The Balaban J connectivity index is 1.14. The molecule has 2 heterocycles. The maximum Gasteiger partial charge on any atom is 0.0562 e. The monoisotopic (exact) mass is 820 g/mol. The van der Waals surface area contributed by atoms with E-state index >= 15 is 0 Å². The highest BCUT2D eigenvalue weighted by Gasteiger charge is 2.26. The van der Waals surface area contributed by atoms with Crippen molar-refractivity contribution in [1.82, 2.24) is 4.57 Å². The predicted molar refractivity (Wildman–Crippen MR) is 270 cm³/mol. The molecular formula is C60H40N2S. The van der Waals surface area contributed by atoms with Gasteiger partial charge in [0, 0.05) is 47.8 Å². The van der Waals surface area contributed by atoms with Gasteiger partial charge < -0.3 is 9.47 Å². The first kappa shape index (κ1) is 36.8. The SMILES string of the molecule is c1ccc(-c2ccc(-c3ccccc3N(c3ccc(-c4cccc5c4sc4ccccc45)cc3-c3ccccc3)c3cccc4c3c3ccccc3n4-c3ccccc3)cc2)cc1. The van der Waals surface area contributed by atoms with Gasteiger partial charge in [-0.05, 0) is 88.0 Å². The molecule has 0 amide bonds. The van der Waals surface area contributed by atoms with Crippen molar-refractivity contribution in [1.29, 1.82) is 0 Å². The number of rotatable bonds is 8. The number of benzene rings is 10. The molecule has 3 heteroatoms. The summed E-state index contributed by atoms with van der Waals surface area (Å²) in [7, 11) is 0. The molecule has 2 aromatic heterocycles. The fourth-order valence-corrected chi connectivity index (χ4v) is 10.8. The normalized spacial score (nSPS) is 11.5. The summed E-state index contributed by atoms with van der Waals surface area (Å²) in [6.07, 6.45) is 0. The third kappa shape index (κ3) is 6.33. The molecule has 0 bridgehead atoms. The van der Waals surface area contributed by atoms with Crippen molar-refractivity contribution in [3.63, 3.8) is 0 Å². The Morgan fingerprint density at radius 2 is 0.841 bits per heavy atom. The number of aromatic nitrogens is 1. The largest absolute Gasteiger partial charge is 0.309 e. The zero-order chi connectivity index (χ0) is 41.7. The fourth-order valence-electron chi connectivity index (χ4n) is 9.54. The number of anilines is 3. The summed E-state index contributed by atoms with van der Waals surface area (Å²) in [5.74, 6) is 0. The molecule has 0 unspecified atom stereocenters. The minimum Gasteiger partial charge on any atom is -0.309 e. The molecule has 0 aliphatic carbocycles. The van der Waals surface area contributed by atoms with E-state index in [9.17, 15) is 0 Å². The summed E-state index contributed by atoms with van der Waals surface area (Å²) >= 11 is 1.88. The smallest absolute Gasteiger partial charge is 0.0562 e. The maximum absolute atomic E-state index is 2.52. The lowest BCUT2D eigenvalue weighted by molar-refractivity contribution is 1.18. The Labute approximate surface area is 370 Å². The first-order valence-corrected chi connectivity index (χ1v) is 22.3. The molecule has 0 spiro atoms. The Kier molecular flexibility index (Phi) is 9.06. The zero-order valence-electron chi connectivity index (χ0n) is 34.4. The van der Waals surface area contributed by atoms with E-state index in [1.54, 1.807) is 0 Å².